The van der Waals surface area contributed by atoms with Gasteiger partial charge in [0.25, 0.3) is 10.1 Å². The molecule has 0 aromatic heterocycles. The monoisotopic (exact) mass is 888 g/mol. The highest BCUT2D eigenvalue weighted by Crippen LogP contribution is 2.49. The lowest BCUT2D eigenvalue weighted by Crippen LogP contribution is -2.29. The quantitative estimate of drug-likeness (QED) is 0.112. The van der Waals surface area contributed by atoms with E-state index in [4.69, 9.17) is 30.0 Å². The van der Waals surface area contributed by atoms with E-state index >= 15 is 0 Å². The van der Waals surface area contributed by atoms with E-state index in [1.807, 2.05) is 62.3 Å². The van der Waals surface area contributed by atoms with E-state index in [0.29, 0.717) is 23.2 Å². The molecule has 2 aromatic rings. The van der Waals surface area contributed by atoms with Gasteiger partial charge in [-0.15, -0.1) is 25.3 Å². The third-order valence-electron chi connectivity index (χ3n) is 8.96. The summed E-state index contributed by atoms with van der Waals surface area (Å²) in [7, 11) is -14.8. The van der Waals surface area contributed by atoms with Crippen LogP contribution in [-0.2, 0) is 57.0 Å². The third-order valence-corrected chi connectivity index (χ3v) is 10.6. The Morgan fingerprint density at radius 1 is 0.845 bits per heavy atom. The number of carboxylic acid groups (broad SMARTS) is 1. The number of benzene rings is 2. The molecular formula is C36H44N2O16S4. The molecular weight excluding hydrogens is 845 g/mol. The smallest absolute Gasteiger partial charge is 0.425 e. The molecule has 0 radical (unpaired) electrons. The number of hydrogen-bond donors (Lipinski definition) is 2. The molecule has 2 heterocycles. The summed E-state index contributed by atoms with van der Waals surface area (Å²) in [6.07, 6.45) is 9.91. The predicted octanol–water partition coefficient (Wildman–Crippen LogP) is 3.33. The molecule has 0 saturated carbocycles. The number of allylic oxidation sites excluding steroid dienone is 6. The molecule has 0 unspecified atom stereocenters. The van der Waals surface area contributed by atoms with Gasteiger partial charge in [-0.25, -0.2) is 18.0 Å². The van der Waals surface area contributed by atoms with Gasteiger partial charge in [0.2, 0.25) is 5.69 Å². The molecule has 318 valence electrons. The first kappa shape index (κ1) is 49.3. The summed E-state index contributed by atoms with van der Waals surface area (Å²) in [5, 5.41) is 9.94. The lowest BCUT2D eigenvalue weighted by Gasteiger charge is -2.27. The fourth-order valence-electron chi connectivity index (χ4n) is 6.90. The molecule has 2 aromatic carbocycles. The van der Waals surface area contributed by atoms with E-state index in [9.17, 15) is 40.6 Å². The van der Waals surface area contributed by atoms with Crippen molar-refractivity contribution in [2.24, 2.45) is 0 Å². The topological polar surface area (TPSA) is 284 Å². The third kappa shape index (κ3) is 13.6. The number of anilines is 1. The van der Waals surface area contributed by atoms with Crippen LogP contribution >= 0.6 is 0 Å². The number of rotatable bonds is 15. The van der Waals surface area contributed by atoms with Crippen LogP contribution in [0.1, 0.15) is 85.7 Å². The van der Waals surface area contributed by atoms with E-state index in [2.05, 4.69) is 0 Å². The van der Waals surface area contributed by atoms with Crippen molar-refractivity contribution >= 4 is 70.5 Å². The zero-order valence-corrected chi connectivity index (χ0v) is 35.4. The second-order valence-electron chi connectivity index (χ2n) is 13.7. The first-order chi connectivity index (χ1) is 26.8. The Hall–Kier alpha value is -4.87. The van der Waals surface area contributed by atoms with Gasteiger partial charge in [-0.1, -0.05) is 51.1 Å². The summed E-state index contributed by atoms with van der Waals surface area (Å²) < 4.78 is 124. The number of fused-ring (bicyclic) bond motifs is 2. The van der Waals surface area contributed by atoms with Crippen molar-refractivity contribution < 1.29 is 75.2 Å². The normalized spacial score (nSPS) is 16.0. The SMILES string of the molecule is CCCOC(=O)c1cccc2c1C(C)(C)C(/C=C/C=C/C=C1/N(CCCS(=O)(=O)O)c3cccc(C(=O)O)c3C1(C)C)=[N+]2CCCS(=O)(=O)[O-].O=S(=O)=O.O=S(=O)=O. The Labute approximate surface area is 339 Å². The minimum absolute atomic E-state index is 0.0759. The molecule has 4 rings (SSSR count). The van der Waals surface area contributed by atoms with Crippen molar-refractivity contribution in [3.63, 3.8) is 0 Å². The highest BCUT2D eigenvalue weighted by Gasteiger charge is 2.47. The van der Waals surface area contributed by atoms with Crippen molar-refractivity contribution in [3.8, 4) is 0 Å². The summed E-state index contributed by atoms with van der Waals surface area (Å²) in [6, 6.07) is 10.3. The average Bonchev–Trinajstić information content (AvgIpc) is 3.43. The van der Waals surface area contributed by atoms with E-state index in [0.717, 1.165) is 22.7 Å². The van der Waals surface area contributed by atoms with Crippen molar-refractivity contribution in [2.45, 2.75) is 64.7 Å². The number of esters is 1. The Morgan fingerprint density at radius 3 is 1.98 bits per heavy atom. The highest BCUT2D eigenvalue weighted by molar-refractivity contribution is 7.85. The van der Waals surface area contributed by atoms with Crippen LogP contribution < -0.4 is 4.90 Å². The molecule has 0 aliphatic carbocycles. The predicted molar refractivity (Wildman–Crippen MR) is 210 cm³/mol. The maximum Gasteiger partial charge on any atom is 0.425 e. The zero-order chi connectivity index (χ0) is 44.2. The van der Waals surface area contributed by atoms with Crippen LogP contribution in [0.2, 0.25) is 0 Å². The molecule has 0 atom stereocenters. The lowest BCUT2D eigenvalue weighted by atomic mass is 9.79. The van der Waals surface area contributed by atoms with Gasteiger partial charge in [0.15, 0.2) is 5.71 Å². The second kappa shape index (κ2) is 20.7. The Bertz CT molecular complexity index is 2430. The molecule has 2 N–H and O–H groups in total. The first-order valence-corrected chi connectivity index (χ1v) is 22.5. The van der Waals surface area contributed by atoms with Gasteiger partial charge in [-0.05, 0) is 51.0 Å². The van der Waals surface area contributed by atoms with Gasteiger partial charge in [0, 0.05) is 53.2 Å². The van der Waals surface area contributed by atoms with Crippen LogP contribution in [0.4, 0.5) is 11.4 Å². The Kier molecular flexibility index (Phi) is 17.6. The number of ether oxygens (including phenoxy) is 1. The molecule has 0 spiro atoms. The number of carbonyl (C=O) groups is 2. The fraction of sp³-hybridized carbons (Fsp3) is 0.417. The lowest BCUT2D eigenvalue weighted by molar-refractivity contribution is -0.437. The Morgan fingerprint density at radius 2 is 1.43 bits per heavy atom. The van der Waals surface area contributed by atoms with Gasteiger partial charge < -0.3 is 19.3 Å². The molecule has 0 fully saturated rings. The minimum atomic E-state index is -4.43. The number of carbonyl (C=O) groups excluding carboxylic acids is 1. The molecule has 22 heteroatoms. The van der Waals surface area contributed by atoms with Gasteiger partial charge in [-0.3, -0.25) is 4.55 Å². The number of carboxylic acids is 1. The summed E-state index contributed by atoms with van der Waals surface area (Å²) in [5.74, 6) is -2.52. The van der Waals surface area contributed by atoms with Crippen LogP contribution in [0.5, 0.6) is 0 Å². The van der Waals surface area contributed by atoms with Crippen molar-refractivity contribution in [2.75, 3.05) is 36.1 Å². The van der Waals surface area contributed by atoms with Gasteiger partial charge >= 0.3 is 33.2 Å². The molecule has 2 aliphatic heterocycles. The first-order valence-electron chi connectivity index (χ1n) is 17.4. The average molecular weight is 889 g/mol. The minimum Gasteiger partial charge on any atom is -0.748 e. The van der Waals surface area contributed by atoms with Crippen LogP contribution in [0, 0.1) is 0 Å². The van der Waals surface area contributed by atoms with Crippen LogP contribution in [-0.4, -0.2) is 110 Å². The molecule has 18 nitrogen and oxygen atoms in total. The molecule has 0 saturated heterocycles. The van der Waals surface area contributed by atoms with Crippen molar-refractivity contribution in [1.82, 2.24) is 0 Å². The van der Waals surface area contributed by atoms with E-state index in [-0.39, 0.29) is 38.1 Å². The van der Waals surface area contributed by atoms with Gasteiger partial charge in [-0.2, -0.15) is 13.0 Å². The summed E-state index contributed by atoms with van der Waals surface area (Å²) in [4.78, 5) is 27.1. The second-order valence-corrected chi connectivity index (χ2v) is 17.7. The molecule has 0 bridgehead atoms. The standard InChI is InChI=1S/C36H44N2O10S2.2O3S/c1-6-22-48-34(41)26-15-11-17-28-32(26)36(4,5)30(38(28)21-13-24-50(45,46)47)19-9-7-8-18-29-35(2,3)31-25(33(39)40)14-10-16-27(31)37(29)20-12-23-49(42,43)44;2*1-4(2)3/h7-11,14-19H,6,12-13,20-24H2,1-5H3,(H2-,39,40,42,43,44,45,46,47);;. The molecule has 58 heavy (non-hydrogen) atoms. The fourth-order valence-corrected chi connectivity index (χ4v) is 7.87. The Balaban J connectivity index is 0.00000132. The van der Waals surface area contributed by atoms with Crippen LogP contribution in [0.15, 0.2) is 72.5 Å². The van der Waals surface area contributed by atoms with Gasteiger partial charge in [0.1, 0.15) is 6.54 Å². The van der Waals surface area contributed by atoms with Crippen LogP contribution in [0.25, 0.3) is 0 Å². The number of hydrogen-bond acceptors (Lipinski definition) is 15. The van der Waals surface area contributed by atoms with Crippen molar-refractivity contribution in [1.29, 1.82) is 0 Å². The molecule has 0 amide bonds. The number of nitrogens with zero attached hydrogens (tertiary/aromatic N) is 2. The van der Waals surface area contributed by atoms with E-state index in [1.165, 1.54) is 6.07 Å². The summed E-state index contributed by atoms with van der Waals surface area (Å²) in [5.41, 5.74) is 3.28. The highest BCUT2D eigenvalue weighted by atomic mass is 32.2. The van der Waals surface area contributed by atoms with Gasteiger partial charge in [0.05, 0.1) is 44.6 Å². The van der Waals surface area contributed by atoms with E-state index < -0.39 is 75.7 Å². The maximum atomic E-state index is 13.1. The summed E-state index contributed by atoms with van der Waals surface area (Å²) in [6.45, 7) is 10.3. The summed E-state index contributed by atoms with van der Waals surface area (Å²) >= 11 is 0. The molecule has 2 aliphatic rings. The van der Waals surface area contributed by atoms with Crippen LogP contribution in [0.3, 0.4) is 0 Å². The zero-order valence-electron chi connectivity index (χ0n) is 32.1. The van der Waals surface area contributed by atoms with Crippen molar-refractivity contribution in [3.05, 3.63) is 94.7 Å². The maximum absolute atomic E-state index is 13.1. The number of aromatic carboxylic acids is 1. The largest absolute Gasteiger partial charge is 0.748 e. The van der Waals surface area contributed by atoms with E-state index in [1.54, 1.807) is 42.5 Å².